The van der Waals surface area contributed by atoms with Crippen molar-refractivity contribution in [1.29, 1.82) is 0 Å². The summed E-state index contributed by atoms with van der Waals surface area (Å²) in [5.74, 6) is 1.00. The van der Waals surface area contributed by atoms with Crippen LogP contribution in [0.3, 0.4) is 0 Å². The lowest BCUT2D eigenvalue weighted by atomic mass is 9.87. The molecule has 4 aromatic rings. The molecule has 5 nitrogen and oxygen atoms in total. The van der Waals surface area contributed by atoms with E-state index in [0.29, 0.717) is 37.6 Å². The summed E-state index contributed by atoms with van der Waals surface area (Å²) in [6, 6.07) is 20.6. The highest BCUT2D eigenvalue weighted by molar-refractivity contribution is 5.87. The molecule has 0 fully saturated rings. The second-order valence-corrected chi connectivity index (χ2v) is 8.82. The summed E-state index contributed by atoms with van der Waals surface area (Å²) in [4.78, 5) is 15.2. The number of rotatable bonds is 10. The molecule has 0 saturated carbocycles. The number of halogens is 1. The Kier molecular flexibility index (Phi) is 7.93. The van der Waals surface area contributed by atoms with Gasteiger partial charge in [0, 0.05) is 55.1 Å². The van der Waals surface area contributed by atoms with Gasteiger partial charge in [-0.25, -0.2) is 4.39 Å². The maximum atomic E-state index is 13.5. The number of fused-ring (bicyclic) bond motifs is 1. The first kappa shape index (κ1) is 25.3. The number of amides is 1. The molecule has 188 valence electrons. The van der Waals surface area contributed by atoms with Gasteiger partial charge in [0.05, 0.1) is 14.2 Å². The minimum atomic E-state index is -0.251. The molecule has 1 amide bonds. The molecule has 4 rings (SSSR count). The molecule has 3 aromatic carbocycles. The molecule has 0 aliphatic heterocycles. The van der Waals surface area contributed by atoms with Crippen molar-refractivity contribution in [2.45, 2.75) is 32.7 Å². The summed E-state index contributed by atoms with van der Waals surface area (Å²) in [6.45, 7) is 5.92. The lowest BCUT2D eigenvalue weighted by Gasteiger charge is -2.24. The van der Waals surface area contributed by atoms with Gasteiger partial charge >= 0.3 is 0 Å². The van der Waals surface area contributed by atoms with Crippen LogP contribution in [0.25, 0.3) is 10.9 Å². The van der Waals surface area contributed by atoms with Crippen molar-refractivity contribution >= 4 is 16.8 Å². The van der Waals surface area contributed by atoms with Gasteiger partial charge in [-0.05, 0) is 60.9 Å². The Bertz CT molecular complexity index is 1300. The third-order valence-electron chi connectivity index (χ3n) is 6.73. The first-order valence-corrected chi connectivity index (χ1v) is 12.3. The zero-order valence-corrected chi connectivity index (χ0v) is 21.3. The van der Waals surface area contributed by atoms with Crippen LogP contribution in [0.5, 0.6) is 11.5 Å². The molecule has 1 aromatic heterocycles. The van der Waals surface area contributed by atoms with Gasteiger partial charge in [-0.1, -0.05) is 30.3 Å². The fraction of sp³-hybridized carbons (Fsp3) is 0.300. The van der Waals surface area contributed by atoms with Crippen molar-refractivity contribution in [3.8, 4) is 11.5 Å². The van der Waals surface area contributed by atoms with E-state index in [4.69, 9.17) is 9.47 Å². The second-order valence-electron chi connectivity index (χ2n) is 8.82. The average molecular weight is 489 g/mol. The van der Waals surface area contributed by atoms with Gasteiger partial charge in [0.15, 0.2) is 0 Å². The van der Waals surface area contributed by atoms with Gasteiger partial charge in [-0.3, -0.25) is 4.79 Å². The zero-order valence-electron chi connectivity index (χ0n) is 21.3. The first-order chi connectivity index (χ1) is 17.5. The van der Waals surface area contributed by atoms with Crippen LogP contribution >= 0.6 is 0 Å². The van der Waals surface area contributed by atoms with E-state index >= 15 is 0 Å². The van der Waals surface area contributed by atoms with Crippen molar-refractivity contribution < 1.29 is 18.7 Å². The van der Waals surface area contributed by atoms with E-state index in [-0.39, 0.29) is 17.6 Å². The third kappa shape index (κ3) is 5.38. The molecule has 0 bridgehead atoms. The summed E-state index contributed by atoms with van der Waals surface area (Å²) >= 11 is 0. The summed E-state index contributed by atoms with van der Waals surface area (Å²) in [6.07, 6.45) is 2.45. The summed E-state index contributed by atoms with van der Waals surface area (Å²) in [7, 11) is 3.26. The Hall–Kier alpha value is -3.80. The number of para-hydroxylation sites is 1. The molecule has 0 saturated heterocycles. The lowest BCUT2D eigenvalue weighted by molar-refractivity contribution is -0.131. The number of benzene rings is 3. The minimum Gasteiger partial charge on any atom is -0.497 e. The molecule has 0 unspecified atom stereocenters. The molecule has 0 aliphatic carbocycles. The van der Waals surface area contributed by atoms with E-state index < -0.39 is 0 Å². The number of hydrogen-bond acceptors (Lipinski definition) is 3. The number of carbonyl (C=O) groups excluding carboxylic acids is 1. The molecule has 0 spiro atoms. The van der Waals surface area contributed by atoms with Crippen LogP contribution in [0.1, 0.15) is 42.9 Å². The number of ether oxygens (including phenoxy) is 2. The normalized spacial score (nSPS) is 11.9. The predicted octanol–water partition coefficient (Wildman–Crippen LogP) is 6.24. The van der Waals surface area contributed by atoms with E-state index in [1.54, 1.807) is 26.4 Å². The molecule has 36 heavy (non-hydrogen) atoms. The monoisotopic (exact) mass is 488 g/mol. The lowest BCUT2D eigenvalue weighted by Crippen LogP contribution is -2.31. The summed E-state index contributed by atoms with van der Waals surface area (Å²) in [5.41, 5.74) is 4.08. The maximum Gasteiger partial charge on any atom is 0.223 e. The summed E-state index contributed by atoms with van der Waals surface area (Å²) < 4.78 is 26.7. The molecular weight excluding hydrogens is 455 g/mol. The third-order valence-corrected chi connectivity index (χ3v) is 6.73. The molecule has 0 radical (unpaired) electrons. The highest BCUT2D eigenvalue weighted by Crippen LogP contribution is 2.38. The van der Waals surface area contributed by atoms with Crippen LogP contribution in [-0.2, 0) is 11.3 Å². The van der Waals surface area contributed by atoms with Crippen molar-refractivity contribution in [3.05, 3.63) is 95.4 Å². The first-order valence-electron chi connectivity index (χ1n) is 12.3. The van der Waals surface area contributed by atoms with Gasteiger partial charge in [-0.2, -0.15) is 0 Å². The fourth-order valence-corrected chi connectivity index (χ4v) is 4.79. The number of nitrogens with zero attached hydrogens (tertiary/aromatic N) is 2. The van der Waals surface area contributed by atoms with Crippen LogP contribution in [0.2, 0.25) is 0 Å². The Balaban J connectivity index is 1.85. The molecular formula is C30H33FN2O3. The van der Waals surface area contributed by atoms with Crippen molar-refractivity contribution in [1.82, 2.24) is 9.47 Å². The van der Waals surface area contributed by atoms with Crippen molar-refractivity contribution in [3.63, 3.8) is 0 Å². The minimum absolute atomic E-state index is 0.0992. The Morgan fingerprint density at radius 2 is 1.58 bits per heavy atom. The molecule has 1 heterocycles. The highest BCUT2D eigenvalue weighted by atomic mass is 19.1. The van der Waals surface area contributed by atoms with Gasteiger partial charge in [-0.15, -0.1) is 0 Å². The number of carbonyl (C=O) groups is 1. The largest absolute Gasteiger partial charge is 0.497 e. The van der Waals surface area contributed by atoms with Gasteiger partial charge in [0.1, 0.15) is 17.3 Å². The zero-order chi connectivity index (χ0) is 25.7. The van der Waals surface area contributed by atoms with Crippen molar-refractivity contribution in [2.24, 2.45) is 0 Å². The van der Waals surface area contributed by atoms with Crippen LogP contribution in [-0.4, -0.2) is 42.7 Å². The van der Waals surface area contributed by atoms with Gasteiger partial charge in [0.2, 0.25) is 5.91 Å². The average Bonchev–Trinajstić information content (AvgIpc) is 3.26. The standard InChI is InChI=1S/C30H33FN2O3/c1-5-32(6-2)30(34)18-27(22-15-24(35-3)17-25(16-22)36-4)28-20-33(29-10-8-7-9-26(28)29)19-21-11-13-23(31)14-12-21/h7-17,20,27H,5-6,18-19H2,1-4H3/t27-/m1/s1. The quantitative estimate of drug-likeness (QED) is 0.266. The molecule has 0 aliphatic rings. The van der Waals surface area contributed by atoms with Crippen LogP contribution in [0, 0.1) is 5.82 Å². The fourth-order valence-electron chi connectivity index (χ4n) is 4.79. The molecule has 6 heteroatoms. The Morgan fingerprint density at radius 1 is 0.944 bits per heavy atom. The van der Waals surface area contributed by atoms with E-state index in [9.17, 15) is 9.18 Å². The maximum absolute atomic E-state index is 13.5. The van der Waals surface area contributed by atoms with E-state index in [2.05, 4.69) is 22.9 Å². The Labute approximate surface area is 212 Å². The van der Waals surface area contributed by atoms with E-state index in [1.807, 2.05) is 49.1 Å². The molecule has 1 atom stereocenters. The topological polar surface area (TPSA) is 43.7 Å². The van der Waals surface area contributed by atoms with Crippen LogP contribution in [0.15, 0.2) is 72.9 Å². The predicted molar refractivity (Wildman–Crippen MR) is 141 cm³/mol. The highest BCUT2D eigenvalue weighted by Gasteiger charge is 2.25. The molecule has 0 N–H and O–H groups in total. The smallest absolute Gasteiger partial charge is 0.223 e. The van der Waals surface area contributed by atoms with E-state index in [1.165, 1.54) is 12.1 Å². The SMILES string of the molecule is CCN(CC)C(=O)C[C@H](c1cc(OC)cc(OC)c1)c1cn(Cc2ccc(F)cc2)c2ccccc12. The number of hydrogen-bond donors (Lipinski definition) is 0. The van der Waals surface area contributed by atoms with Crippen LogP contribution < -0.4 is 9.47 Å². The van der Waals surface area contributed by atoms with E-state index in [0.717, 1.165) is 27.6 Å². The van der Waals surface area contributed by atoms with Crippen LogP contribution in [0.4, 0.5) is 4.39 Å². The van der Waals surface area contributed by atoms with Gasteiger partial charge in [0.25, 0.3) is 0 Å². The number of methoxy groups -OCH3 is 2. The number of aromatic nitrogens is 1. The van der Waals surface area contributed by atoms with Gasteiger partial charge < -0.3 is 18.9 Å². The Morgan fingerprint density at radius 3 is 2.19 bits per heavy atom. The van der Waals surface area contributed by atoms with Crippen molar-refractivity contribution in [2.75, 3.05) is 27.3 Å². The summed E-state index contributed by atoms with van der Waals surface area (Å²) in [5, 5.41) is 1.08. The second kappa shape index (κ2) is 11.3.